The average Bonchev–Trinajstić information content (AvgIpc) is 2.53. The topological polar surface area (TPSA) is 43.1 Å². The van der Waals surface area contributed by atoms with Crippen LogP contribution in [-0.4, -0.2) is 4.98 Å². The number of fused-ring (bicyclic) bond motifs is 1. The van der Waals surface area contributed by atoms with E-state index in [0.717, 1.165) is 28.0 Å². The highest BCUT2D eigenvalue weighted by Gasteiger charge is 2.10. The maximum Gasteiger partial charge on any atom is 0.336 e. The Labute approximate surface area is 137 Å². The van der Waals surface area contributed by atoms with Gasteiger partial charge in [-0.2, -0.15) is 0 Å². The fourth-order valence-electron chi connectivity index (χ4n) is 2.26. The highest BCUT2D eigenvalue weighted by molar-refractivity contribution is 7.98. The molecular formula is C17H14ClNO2S. The van der Waals surface area contributed by atoms with Crippen molar-refractivity contribution in [3.8, 4) is 0 Å². The largest absolute Gasteiger partial charge is 0.423 e. The highest BCUT2D eigenvalue weighted by Crippen LogP contribution is 2.29. The Morgan fingerprint density at radius 2 is 2.09 bits per heavy atom. The molecule has 112 valence electrons. The van der Waals surface area contributed by atoms with Gasteiger partial charge in [0.2, 0.25) is 0 Å². The predicted molar refractivity (Wildman–Crippen MR) is 90.7 cm³/mol. The smallest absolute Gasteiger partial charge is 0.336 e. The van der Waals surface area contributed by atoms with Gasteiger partial charge in [0.05, 0.1) is 5.03 Å². The quantitative estimate of drug-likeness (QED) is 0.513. The number of halogens is 1. The summed E-state index contributed by atoms with van der Waals surface area (Å²) in [5.41, 5.74) is 2.14. The van der Waals surface area contributed by atoms with E-state index in [9.17, 15) is 4.79 Å². The molecule has 2 heterocycles. The molecule has 0 N–H and O–H groups in total. The third kappa shape index (κ3) is 3.18. The minimum absolute atomic E-state index is 0.339. The standard InChI is InChI=1S/C17H14ClNO2S/c1-2-11-7-15-13(9-14(11)18)12(8-17(20)21-15)10-22-16-5-3-4-6-19-16/h3-9H,2,10H2,1H3. The molecule has 2 aromatic heterocycles. The van der Waals surface area contributed by atoms with E-state index < -0.39 is 0 Å². The van der Waals surface area contributed by atoms with Gasteiger partial charge >= 0.3 is 5.63 Å². The number of benzene rings is 1. The van der Waals surface area contributed by atoms with Crippen molar-refractivity contribution in [3.63, 3.8) is 0 Å². The van der Waals surface area contributed by atoms with Gasteiger partial charge in [-0.1, -0.05) is 24.6 Å². The fourth-order valence-corrected chi connectivity index (χ4v) is 3.41. The molecule has 0 radical (unpaired) electrons. The molecule has 0 spiro atoms. The van der Waals surface area contributed by atoms with Gasteiger partial charge in [0.1, 0.15) is 5.58 Å². The summed E-state index contributed by atoms with van der Waals surface area (Å²) in [4.78, 5) is 16.1. The lowest BCUT2D eigenvalue weighted by Crippen LogP contribution is -2.00. The summed E-state index contributed by atoms with van der Waals surface area (Å²) in [6.07, 6.45) is 2.55. The van der Waals surface area contributed by atoms with Crippen LogP contribution in [0.3, 0.4) is 0 Å². The molecule has 0 saturated heterocycles. The molecule has 3 aromatic rings. The Morgan fingerprint density at radius 1 is 1.23 bits per heavy atom. The van der Waals surface area contributed by atoms with Gasteiger partial charge in [-0.25, -0.2) is 9.78 Å². The van der Waals surface area contributed by atoms with Crippen molar-refractivity contribution in [1.29, 1.82) is 0 Å². The SMILES string of the molecule is CCc1cc2oc(=O)cc(CSc3ccccn3)c2cc1Cl. The van der Waals surface area contributed by atoms with Crippen molar-refractivity contribution < 1.29 is 4.42 Å². The molecule has 1 aromatic carbocycles. The molecule has 0 unspecified atom stereocenters. The lowest BCUT2D eigenvalue weighted by Gasteiger charge is -2.08. The van der Waals surface area contributed by atoms with E-state index >= 15 is 0 Å². The van der Waals surface area contributed by atoms with E-state index in [1.54, 1.807) is 18.0 Å². The van der Waals surface area contributed by atoms with E-state index in [4.69, 9.17) is 16.0 Å². The zero-order valence-corrected chi connectivity index (χ0v) is 13.6. The van der Waals surface area contributed by atoms with E-state index in [0.29, 0.717) is 16.4 Å². The monoisotopic (exact) mass is 331 g/mol. The number of aryl methyl sites for hydroxylation is 1. The number of rotatable bonds is 4. The number of aromatic nitrogens is 1. The van der Waals surface area contributed by atoms with Crippen molar-refractivity contribution in [3.05, 3.63) is 69.2 Å². The van der Waals surface area contributed by atoms with Crippen molar-refractivity contribution >= 4 is 34.3 Å². The third-order valence-corrected chi connectivity index (χ3v) is 4.74. The molecule has 0 fully saturated rings. The predicted octanol–water partition coefficient (Wildman–Crippen LogP) is 4.70. The minimum Gasteiger partial charge on any atom is -0.423 e. The Hall–Kier alpha value is -1.78. The molecule has 0 aliphatic heterocycles. The lowest BCUT2D eigenvalue weighted by molar-refractivity contribution is 0.559. The van der Waals surface area contributed by atoms with E-state index in [1.165, 1.54) is 6.07 Å². The lowest BCUT2D eigenvalue weighted by atomic mass is 10.1. The fraction of sp³-hybridized carbons (Fsp3) is 0.176. The first kappa shape index (κ1) is 15.1. The third-order valence-electron chi connectivity index (χ3n) is 3.39. The van der Waals surface area contributed by atoms with E-state index in [2.05, 4.69) is 4.98 Å². The van der Waals surface area contributed by atoms with Gasteiger partial charge in [0.25, 0.3) is 0 Å². The summed E-state index contributed by atoms with van der Waals surface area (Å²) >= 11 is 7.87. The van der Waals surface area contributed by atoms with Crippen LogP contribution in [0.25, 0.3) is 11.0 Å². The second-order valence-electron chi connectivity index (χ2n) is 4.84. The number of pyridine rings is 1. The van der Waals surface area contributed by atoms with Gasteiger partial charge in [0.15, 0.2) is 0 Å². The minimum atomic E-state index is -0.339. The first-order valence-electron chi connectivity index (χ1n) is 6.96. The number of nitrogens with zero attached hydrogens (tertiary/aromatic N) is 1. The van der Waals surface area contributed by atoms with Crippen LogP contribution in [0.5, 0.6) is 0 Å². The first-order chi connectivity index (χ1) is 10.7. The molecule has 3 nitrogen and oxygen atoms in total. The Bertz CT molecular complexity index is 862. The van der Waals surface area contributed by atoms with Crippen molar-refractivity contribution in [2.24, 2.45) is 0 Å². The van der Waals surface area contributed by atoms with Crippen molar-refractivity contribution in [2.45, 2.75) is 24.1 Å². The molecule has 22 heavy (non-hydrogen) atoms. The van der Waals surface area contributed by atoms with Crippen molar-refractivity contribution in [2.75, 3.05) is 0 Å². The normalized spacial score (nSPS) is 11.0. The zero-order valence-electron chi connectivity index (χ0n) is 12.0. The molecule has 0 aliphatic rings. The van der Waals surface area contributed by atoms with Gasteiger partial charge < -0.3 is 4.42 Å². The molecular weight excluding hydrogens is 318 g/mol. The number of hydrogen-bond acceptors (Lipinski definition) is 4. The average molecular weight is 332 g/mol. The van der Waals surface area contributed by atoms with E-state index in [1.807, 2.05) is 37.3 Å². The van der Waals surface area contributed by atoms with Crippen LogP contribution >= 0.6 is 23.4 Å². The second-order valence-corrected chi connectivity index (χ2v) is 6.24. The Balaban J connectivity index is 2.01. The van der Waals surface area contributed by atoms with Crippen LogP contribution in [0.1, 0.15) is 18.1 Å². The molecule has 5 heteroatoms. The van der Waals surface area contributed by atoms with Gasteiger partial charge in [-0.05, 0) is 41.8 Å². The van der Waals surface area contributed by atoms with Gasteiger partial charge in [-0.3, -0.25) is 0 Å². The summed E-state index contributed by atoms with van der Waals surface area (Å²) < 4.78 is 5.31. The summed E-state index contributed by atoms with van der Waals surface area (Å²) in [5, 5.41) is 2.50. The molecule has 0 saturated carbocycles. The van der Waals surface area contributed by atoms with Crippen LogP contribution in [0.2, 0.25) is 5.02 Å². The van der Waals surface area contributed by atoms with Crippen LogP contribution in [-0.2, 0) is 12.2 Å². The maximum atomic E-state index is 11.8. The first-order valence-corrected chi connectivity index (χ1v) is 8.32. The number of hydrogen-bond donors (Lipinski definition) is 0. The van der Waals surface area contributed by atoms with E-state index in [-0.39, 0.29) is 5.63 Å². The Morgan fingerprint density at radius 3 is 2.82 bits per heavy atom. The van der Waals surface area contributed by atoms with Crippen LogP contribution < -0.4 is 5.63 Å². The van der Waals surface area contributed by atoms with Crippen molar-refractivity contribution in [1.82, 2.24) is 4.98 Å². The number of thioether (sulfide) groups is 1. The molecule has 0 bridgehead atoms. The summed E-state index contributed by atoms with van der Waals surface area (Å²) in [6, 6.07) is 11.0. The Kier molecular flexibility index (Phi) is 4.50. The summed E-state index contributed by atoms with van der Waals surface area (Å²) in [7, 11) is 0. The summed E-state index contributed by atoms with van der Waals surface area (Å²) in [6.45, 7) is 2.02. The van der Waals surface area contributed by atoms with Gasteiger partial charge in [-0.15, -0.1) is 11.8 Å². The highest BCUT2D eigenvalue weighted by atomic mass is 35.5. The summed E-state index contributed by atoms with van der Waals surface area (Å²) in [5.74, 6) is 0.640. The molecule has 3 rings (SSSR count). The molecule has 0 aliphatic carbocycles. The van der Waals surface area contributed by atoms with Crippen LogP contribution in [0.15, 0.2) is 56.8 Å². The van der Waals surface area contributed by atoms with Crippen LogP contribution in [0, 0.1) is 0 Å². The maximum absolute atomic E-state index is 11.8. The second kappa shape index (κ2) is 6.55. The van der Waals surface area contributed by atoms with Crippen LogP contribution in [0.4, 0.5) is 0 Å². The van der Waals surface area contributed by atoms with Gasteiger partial charge in [0, 0.05) is 28.4 Å². The molecule has 0 atom stereocenters. The molecule has 0 amide bonds. The zero-order chi connectivity index (χ0) is 15.5.